The van der Waals surface area contributed by atoms with E-state index in [9.17, 15) is 5.11 Å². The summed E-state index contributed by atoms with van der Waals surface area (Å²) in [6.07, 6.45) is 0. The number of hydrogen-bond acceptors (Lipinski definition) is 2. The lowest BCUT2D eigenvalue weighted by Crippen LogP contribution is -2.23. The predicted octanol–water partition coefficient (Wildman–Crippen LogP) is 3.73. The molecule has 1 aliphatic rings. The van der Waals surface area contributed by atoms with Gasteiger partial charge in [0.05, 0.1) is 0 Å². The van der Waals surface area contributed by atoms with Crippen LogP contribution in [0.1, 0.15) is 46.2 Å². The Labute approximate surface area is 110 Å². The lowest BCUT2D eigenvalue weighted by atomic mass is 10.0. The third-order valence-corrected chi connectivity index (χ3v) is 5.32. The minimum atomic E-state index is 0.282. The molecule has 0 amide bonds. The SMILES string of the molecule is CC(NCC1C(C)(C)C1(C)C)c1cccc(O)c1. The van der Waals surface area contributed by atoms with E-state index in [0.717, 1.165) is 18.0 Å². The van der Waals surface area contributed by atoms with Crippen LogP contribution in [-0.2, 0) is 0 Å². The molecule has 0 radical (unpaired) electrons. The highest BCUT2D eigenvalue weighted by molar-refractivity contribution is 5.29. The van der Waals surface area contributed by atoms with Crippen molar-refractivity contribution < 1.29 is 5.11 Å². The molecule has 0 spiro atoms. The van der Waals surface area contributed by atoms with E-state index in [1.54, 1.807) is 6.07 Å². The van der Waals surface area contributed by atoms with Crippen LogP contribution < -0.4 is 5.32 Å². The second-order valence-electron chi connectivity index (χ2n) is 6.72. The zero-order valence-corrected chi connectivity index (χ0v) is 12.1. The zero-order valence-electron chi connectivity index (χ0n) is 12.1. The van der Waals surface area contributed by atoms with Crippen LogP contribution in [0, 0.1) is 16.7 Å². The predicted molar refractivity (Wildman–Crippen MR) is 75.6 cm³/mol. The van der Waals surface area contributed by atoms with Crippen LogP contribution in [-0.4, -0.2) is 11.7 Å². The fraction of sp³-hybridized carbons (Fsp3) is 0.625. The van der Waals surface area contributed by atoms with Crippen LogP contribution in [0.2, 0.25) is 0 Å². The third kappa shape index (κ3) is 2.14. The van der Waals surface area contributed by atoms with Crippen molar-refractivity contribution in [3.05, 3.63) is 29.8 Å². The van der Waals surface area contributed by atoms with Crippen molar-refractivity contribution in [2.45, 2.75) is 40.7 Å². The molecule has 2 rings (SSSR count). The molecule has 18 heavy (non-hydrogen) atoms. The van der Waals surface area contributed by atoms with E-state index in [-0.39, 0.29) is 6.04 Å². The molecule has 1 atom stereocenters. The van der Waals surface area contributed by atoms with Gasteiger partial charge in [-0.25, -0.2) is 0 Å². The van der Waals surface area contributed by atoms with Gasteiger partial charge in [-0.3, -0.25) is 0 Å². The summed E-state index contributed by atoms with van der Waals surface area (Å²) in [7, 11) is 0. The maximum atomic E-state index is 9.49. The zero-order chi connectivity index (χ0) is 13.6. The van der Waals surface area contributed by atoms with Crippen molar-refractivity contribution in [3.8, 4) is 5.75 Å². The maximum absolute atomic E-state index is 9.49. The average molecular weight is 247 g/mol. The summed E-state index contributed by atoms with van der Waals surface area (Å²) in [5.74, 6) is 1.07. The lowest BCUT2D eigenvalue weighted by molar-refractivity contribution is 0.457. The van der Waals surface area contributed by atoms with Crippen molar-refractivity contribution >= 4 is 0 Å². The number of nitrogens with one attached hydrogen (secondary N) is 1. The molecule has 1 aliphatic carbocycles. The first-order chi connectivity index (χ1) is 8.26. The number of hydrogen-bond donors (Lipinski definition) is 2. The average Bonchev–Trinajstić information content (AvgIpc) is 2.66. The van der Waals surface area contributed by atoms with E-state index >= 15 is 0 Å². The van der Waals surface area contributed by atoms with Crippen molar-refractivity contribution in [3.63, 3.8) is 0 Å². The van der Waals surface area contributed by atoms with Gasteiger partial charge in [0.25, 0.3) is 0 Å². The highest BCUT2D eigenvalue weighted by Gasteiger charge is 2.63. The van der Waals surface area contributed by atoms with Gasteiger partial charge in [-0.15, -0.1) is 0 Å². The highest BCUT2D eigenvalue weighted by atomic mass is 16.3. The van der Waals surface area contributed by atoms with E-state index in [0.29, 0.717) is 16.6 Å². The van der Waals surface area contributed by atoms with E-state index in [2.05, 4.69) is 46.0 Å². The van der Waals surface area contributed by atoms with Gasteiger partial charge in [0.2, 0.25) is 0 Å². The quantitative estimate of drug-likeness (QED) is 0.849. The molecular weight excluding hydrogens is 222 g/mol. The number of phenols is 1. The van der Waals surface area contributed by atoms with Crippen LogP contribution >= 0.6 is 0 Å². The number of benzene rings is 1. The molecule has 2 N–H and O–H groups in total. The number of aromatic hydroxyl groups is 1. The fourth-order valence-corrected chi connectivity index (χ4v) is 3.05. The highest BCUT2D eigenvalue weighted by Crippen LogP contribution is 2.68. The van der Waals surface area contributed by atoms with Crippen molar-refractivity contribution in [1.29, 1.82) is 0 Å². The molecule has 1 saturated carbocycles. The van der Waals surface area contributed by atoms with Crippen LogP contribution in [0.3, 0.4) is 0 Å². The Morgan fingerprint density at radius 3 is 2.33 bits per heavy atom. The molecule has 2 nitrogen and oxygen atoms in total. The summed E-state index contributed by atoms with van der Waals surface area (Å²) in [5.41, 5.74) is 2.00. The molecule has 0 heterocycles. The Bertz CT molecular complexity index is 422. The van der Waals surface area contributed by atoms with Gasteiger partial charge in [-0.1, -0.05) is 39.8 Å². The molecule has 0 saturated heterocycles. The third-order valence-electron chi connectivity index (χ3n) is 5.32. The second kappa shape index (κ2) is 4.27. The van der Waals surface area contributed by atoms with E-state index in [4.69, 9.17) is 0 Å². The molecule has 0 aromatic heterocycles. The Morgan fingerprint density at radius 2 is 1.83 bits per heavy atom. The Hall–Kier alpha value is -1.02. The van der Waals surface area contributed by atoms with Crippen molar-refractivity contribution in [2.75, 3.05) is 6.54 Å². The minimum Gasteiger partial charge on any atom is -0.508 e. The fourth-order valence-electron chi connectivity index (χ4n) is 3.05. The molecule has 0 aliphatic heterocycles. The van der Waals surface area contributed by atoms with Crippen molar-refractivity contribution in [1.82, 2.24) is 5.32 Å². The lowest BCUT2D eigenvalue weighted by Gasteiger charge is -2.15. The Kier molecular flexibility index (Phi) is 3.18. The maximum Gasteiger partial charge on any atom is 0.115 e. The van der Waals surface area contributed by atoms with E-state index in [1.807, 2.05) is 12.1 Å². The number of phenolic OH excluding ortho intramolecular Hbond substituents is 1. The molecule has 1 aromatic rings. The van der Waals surface area contributed by atoms with Gasteiger partial charge in [-0.2, -0.15) is 0 Å². The van der Waals surface area contributed by atoms with Gasteiger partial charge in [0.15, 0.2) is 0 Å². The summed E-state index contributed by atoms with van der Waals surface area (Å²) in [5, 5.41) is 13.1. The number of rotatable bonds is 4. The smallest absolute Gasteiger partial charge is 0.115 e. The topological polar surface area (TPSA) is 32.3 Å². The summed E-state index contributed by atoms with van der Waals surface area (Å²) >= 11 is 0. The van der Waals surface area contributed by atoms with Crippen LogP contribution in [0.4, 0.5) is 0 Å². The first-order valence-corrected chi connectivity index (χ1v) is 6.79. The van der Waals surface area contributed by atoms with Gasteiger partial charge < -0.3 is 10.4 Å². The molecule has 1 unspecified atom stereocenters. The van der Waals surface area contributed by atoms with Crippen LogP contribution in [0.5, 0.6) is 5.75 Å². The second-order valence-corrected chi connectivity index (χ2v) is 6.72. The van der Waals surface area contributed by atoms with Gasteiger partial charge in [0.1, 0.15) is 5.75 Å². The van der Waals surface area contributed by atoms with Gasteiger partial charge >= 0.3 is 0 Å². The molecule has 100 valence electrons. The van der Waals surface area contributed by atoms with E-state index < -0.39 is 0 Å². The molecule has 0 bridgehead atoms. The summed E-state index contributed by atoms with van der Waals surface area (Å²) in [4.78, 5) is 0. The Balaban J connectivity index is 1.92. The summed E-state index contributed by atoms with van der Waals surface area (Å²) in [6.45, 7) is 12.6. The largest absolute Gasteiger partial charge is 0.508 e. The standard InChI is InChI=1S/C16H25NO/c1-11(12-7-6-8-13(18)9-12)17-10-14-15(2,3)16(14,4)5/h6-9,11,14,17-18H,10H2,1-5H3. The molecule has 1 fully saturated rings. The molecule has 1 aromatic carbocycles. The van der Waals surface area contributed by atoms with Gasteiger partial charge in [0, 0.05) is 6.04 Å². The van der Waals surface area contributed by atoms with Crippen LogP contribution in [0.15, 0.2) is 24.3 Å². The molecule has 2 heteroatoms. The summed E-state index contributed by atoms with van der Waals surface area (Å²) < 4.78 is 0. The monoisotopic (exact) mass is 247 g/mol. The van der Waals surface area contributed by atoms with Crippen molar-refractivity contribution in [2.24, 2.45) is 16.7 Å². The molecular formula is C16H25NO. The Morgan fingerprint density at radius 1 is 1.22 bits per heavy atom. The minimum absolute atomic E-state index is 0.282. The first-order valence-electron chi connectivity index (χ1n) is 6.79. The normalized spacial score (nSPS) is 22.7. The van der Waals surface area contributed by atoms with Gasteiger partial charge in [-0.05, 0) is 47.9 Å². The first kappa shape index (κ1) is 13.4. The van der Waals surface area contributed by atoms with E-state index in [1.165, 1.54) is 0 Å². The van der Waals surface area contributed by atoms with Crippen LogP contribution in [0.25, 0.3) is 0 Å². The summed E-state index contributed by atoms with van der Waals surface area (Å²) in [6, 6.07) is 7.78.